The maximum Gasteiger partial charge on any atom is 1.00 e. The van der Waals surface area contributed by atoms with Crippen LogP contribution in [0.15, 0.2) is 101 Å². The summed E-state index contributed by atoms with van der Waals surface area (Å²) >= 11 is -2.71. The number of hydrogen-bond acceptors (Lipinski definition) is 13. The smallest absolute Gasteiger partial charge is 0.744 e. The van der Waals surface area contributed by atoms with Gasteiger partial charge in [-0.25, -0.2) is 26.0 Å². The summed E-state index contributed by atoms with van der Waals surface area (Å²) in [5.41, 5.74) is 2.78. The first-order chi connectivity index (χ1) is 19.9. The molecular formula is C26H15N4Na3O9S3. The van der Waals surface area contributed by atoms with E-state index in [9.17, 15) is 34.7 Å². The molecule has 13 nitrogen and oxygen atoms in total. The zero-order valence-corrected chi connectivity index (χ0v) is 32.3. The Balaban J connectivity index is 0.00000235. The van der Waals surface area contributed by atoms with Crippen LogP contribution in [-0.4, -0.2) is 54.9 Å². The van der Waals surface area contributed by atoms with Crippen molar-refractivity contribution in [2.75, 3.05) is 0 Å². The fourth-order valence-electron chi connectivity index (χ4n) is 3.90. The minimum atomic E-state index is -4.71. The summed E-state index contributed by atoms with van der Waals surface area (Å²) in [4.78, 5) is 8.02. The van der Waals surface area contributed by atoms with Gasteiger partial charge in [-0.1, -0.05) is 36.4 Å². The molecule has 0 N–H and O–H groups in total. The molecule has 3 aromatic carbocycles. The van der Waals surface area contributed by atoms with Crippen LogP contribution in [0, 0.1) is 0 Å². The molecule has 0 aliphatic heterocycles. The molecule has 214 valence electrons. The SMILES string of the molecule is O=S([O-])Oc1ccc(-c2ccnc(-c3nnc(-c4ccc(S(=O)(=O)[O-])cc4)c(-c4ccc(S(=O)(=O)[O-])cc4)n3)c2)cc1.[Na+].[Na+].[Na+]. The van der Waals surface area contributed by atoms with Crippen LogP contribution >= 0.6 is 0 Å². The third-order valence-electron chi connectivity index (χ3n) is 5.86. The molecule has 19 heteroatoms. The summed E-state index contributed by atoms with van der Waals surface area (Å²) in [6.07, 6.45) is 1.51. The Kier molecular flexibility index (Phi) is 14.6. The third kappa shape index (κ3) is 10.0. The molecule has 0 spiro atoms. The fourth-order valence-corrected chi connectivity index (χ4v) is 5.11. The van der Waals surface area contributed by atoms with Gasteiger partial charge in [-0.2, -0.15) is 0 Å². The monoisotopic (exact) mass is 692 g/mol. The van der Waals surface area contributed by atoms with Gasteiger partial charge in [0.1, 0.15) is 54.4 Å². The first-order valence-corrected chi connectivity index (χ1v) is 15.4. The van der Waals surface area contributed by atoms with Crippen molar-refractivity contribution >= 4 is 31.6 Å². The molecule has 0 aliphatic rings. The number of rotatable bonds is 8. The minimum absolute atomic E-state index is 0. The summed E-state index contributed by atoms with van der Waals surface area (Å²) < 4.78 is 94.5. The molecule has 5 aromatic rings. The normalized spacial score (nSPS) is 11.7. The van der Waals surface area contributed by atoms with E-state index in [-0.39, 0.29) is 112 Å². The van der Waals surface area contributed by atoms with Crippen LogP contribution in [0.3, 0.4) is 0 Å². The number of pyridine rings is 1. The van der Waals surface area contributed by atoms with Gasteiger partial charge in [0.25, 0.3) is 0 Å². The summed E-state index contributed by atoms with van der Waals surface area (Å²) in [5.74, 6) is 0.211. The standard InChI is InChI=1S/C26H18N4O9S3.3Na/c31-40(32)39-20-7-1-16(2-8-20)19-13-14-27-23(15-19)26-28-24(17-3-9-21(10-4-17)41(33,34)35)25(29-30-26)18-5-11-22(12-6-18)42(36,37)38;;;/h1-15H,(H,31,32)(H,33,34,35)(H,36,37,38);;;/q;3*+1/p-3. The molecule has 0 fully saturated rings. The van der Waals surface area contributed by atoms with Crippen LogP contribution in [0.25, 0.3) is 45.2 Å². The molecule has 0 amide bonds. The second-order valence-corrected chi connectivity index (χ2v) is 11.9. The Morgan fingerprint density at radius 3 is 1.60 bits per heavy atom. The molecule has 2 aromatic heterocycles. The zero-order chi connectivity index (χ0) is 30.1. The average molecular weight is 693 g/mol. The van der Waals surface area contributed by atoms with Crippen molar-refractivity contribution in [2.45, 2.75) is 9.79 Å². The van der Waals surface area contributed by atoms with Crippen LogP contribution in [0.5, 0.6) is 5.75 Å². The maximum atomic E-state index is 11.4. The van der Waals surface area contributed by atoms with E-state index in [1.807, 2.05) is 0 Å². The fraction of sp³-hybridized carbons (Fsp3) is 0. The van der Waals surface area contributed by atoms with E-state index in [0.29, 0.717) is 27.9 Å². The van der Waals surface area contributed by atoms with Gasteiger partial charge in [0.2, 0.25) is 5.82 Å². The first-order valence-electron chi connectivity index (χ1n) is 11.6. The van der Waals surface area contributed by atoms with Gasteiger partial charge in [0.15, 0.2) is 0 Å². The topological polar surface area (TPSA) is 215 Å². The van der Waals surface area contributed by atoms with Gasteiger partial charge >= 0.3 is 88.7 Å². The number of aromatic nitrogens is 4. The van der Waals surface area contributed by atoms with Crippen molar-refractivity contribution in [1.82, 2.24) is 20.2 Å². The van der Waals surface area contributed by atoms with E-state index in [1.54, 1.807) is 24.3 Å². The van der Waals surface area contributed by atoms with Gasteiger partial charge in [-0.3, -0.25) is 4.98 Å². The summed E-state index contributed by atoms with van der Waals surface area (Å²) in [6.45, 7) is 0. The molecule has 1 unspecified atom stereocenters. The predicted molar refractivity (Wildman–Crippen MR) is 145 cm³/mol. The van der Waals surface area contributed by atoms with Crippen LogP contribution in [0.1, 0.15) is 0 Å². The van der Waals surface area contributed by atoms with E-state index >= 15 is 0 Å². The molecule has 1 atom stereocenters. The molecule has 2 heterocycles. The van der Waals surface area contributed by atoms with Crippen molar-refractivity contribution in [1.29, 1.82) is 0 Å². The van der Waals surface area contributed by atoms with E-state index in [4.69, 9.17) is 0 Å². The molecule has 45 heavy (non-hydrogen) atoms. The minimum Gasteiger partial charge on any atom is -0.744 e. The Morgan fingerprint density at radius 1 is 0.622 bits per heavy atom. The molecule has 0 saturated heterocycles. The second-order valence-electron chi connectivity index (χ2n) is 8.53. The quantitative estimate of drug-likeness (QED) is 0.0842. The van der Waals surface area contributed by atoms with Gasteiger partial charge in [0.05, 0.1) is 9.79 Å². The summed E-state index contributed by atoms with van der Waals surface area (Å²) in [7, 11) is -9.40. The van der Waals surface area contributed by atoms with Gasteiger partial charge in [-0.15, -0.1) is 10.2 Å². The zero-order valence-electron chi connectivity index (χ0n) is 23.8. The Hall–Kier alpha value is -1.45. The Bertz CT molecular complexity index is 2040. The molecule has 5 rings (SSSR count). The number of nitrogens with zero attached hydrogens (tertiary/aromatic N) is 4. The van der Waals surface area contributed by atoms with E-state index in [2.05, 4.69) is 24.3 Å². The van der Waals surface area contributed by atoms with Crippen molar-refractivity contribution in [2.24, 2.45) is 0 Å². The second kappa shape index (κ2) is 16.6. The number of hydrogen-bond donors (Lipinski definition) is 0. The Morgan fingerprint density at radius 2 is 1.11 bits per heavy atom. The van der Waals surface area contributed by atoms with Crippen molar-refractivity contribution in [3.63, 3.8) is 0 Å². The summed E-state index contributed by atoms with van der Waals surface area (Å²) in [6, 6.07) is 19.5. The summed E-state index contributed by atoms with van der Waals surface area (Å²) in [5, 5.41) is 8.45. The van der Waals surface area contributed by atoms with Crippen LogP contribution in [-0.2, 0) is 31.6 Å². The number of benzene rings is 3. The predicted octanol–water partition coefficient (Wildman–Crippen LogP) is -6.07. The maximum absolute atomic E-state index is 11.4. The van der Waals surface area contributed by atoms with Gasteiger partial charge in [0, 0.05) is 17.3 Å². The largest absolute Gasteiger partial charge is 1.00 e. The van der Waals surface area contributed by atoms with E-state index in [0.717, 1.165) is 24.3 Å². The molecule has 0 aliphatic carbocycles. The van der Waals surface area contributed by atoms with Crippen molar-refractivity contribution in [3.05, 3.63) is 91.1 Å². The van der Waals surface area contributed by atoms with Crippen LogP contribution in [0.2, 0.25) is 0 Å². The van der Waals surface area contributed by atoms with Crippen molar-refractivity contribution in [3.8, 4) is 50.9 Å². The van der Waals surface area contributed by atoms with E-state index < -0.39 is 41.4 Å². The molecule has 0 radical (unpaired) electrons. The van der Waals surface area contributed by atoms with Crippen molar-refractivity contribution < 1.29 is 128 Å². The van der Waals surface area contributed by atoms with Crippen LogP contribution in [0.4, 0.5) is 0 Å². The average Bonchev–Trinajstić information content (AvgIpc) is 2.96. The first kappa shape index (κ1) is 39.7. The van der Waals surface area contributed by atoms with Gasteiger partial charge in [-0.05, 0) is 59.7 Å². The molecule has 0 saturated carbocycles. The third-order valence-corrected chi connectivity index (χ3v) is 7.89. The van der Waals surface area contributed by atoms with E-state index in [1.165, 1.54) is 42.6 Å². The molecular weight excluding hydrogens is 677 g/mol. The van der Waals surface area contributed by atoms with Crippen LogP contribution < -0.4 is 92.9 Å². The molecule has 0 bridgehead atoms. The Labute approximate surface area is 327 Å². The van der Waals surface area contributed by atoms with Gasteiger partial charge < -0.3 is 17.8 Å².